The number of likely N-dealkylation sites (tertiary alicyclic amines) is 1. The average molecular weight is 463 g/mol. The van der Waals surface area contributed by atoms with Crippen molar-refractivity contribution in [1.29, 1.82) is 0 Å². The van der Waals surface area contributed by atoms with Gasteiger partial charge in [-0.25, -0.2) is 4.39 Å². The van der Waals surface area contributed by atoms with Gasteiger partial charge in [-0.3, -0.25) is 14.4 Å². The molecule has 2 aromatic carbocycles. The number of nitrogens with zero attached hydrogens (tertiary/aromatic N) is 4. The number of para-hydroxylation sites is 1. The monoisotopic (exact) mass is 462 g/mol. The SMILES string of the molecule is O=C(C(=O)N1CCN(c2ccc(F)cc2)CC1)c1cn(CC(=O)N2CCCC2)c2ccccc12. The number of carbonyl (C=O) groups is 3. The van der Waals surface area contributed by atoms with E-state index in [2.05, 4.69) is 4.90 Å². The molecular formula is C26H27FN4O3. The maximum Gasteiger partial charge on any atom is 0.295 e. The molecule has 7 nitrogen and oxygen atoms in total. The number of rotatable bonds is 5. The van der Waals surface area contributed by atoms with Crippen LogP contribution in [0.3, 0.4) is 0 Å². The number of ketones is 1. The third-order valence-electron chi connectivity index (χ3n) is 6.75. The van der Waals surface area contributed by atoms with Crippen LogP contribution in [0.2, 0.25) is 0 Å². The quantitative estimate of drug-likeness (QED) is 0.432. The molecule has 0 atom stereocenters. The Morgan fingerprint density at radius 1 is 0.794 bits per heavy atom. The standard InChI is InChI=1S/C26H27FN4O3/c27-19-7-9-20(10-8-19)28-13-15-30(16-14-28)26(34)25(33)22-17-31(23-6-2-1-5-21(22)23)18-24(32)29-11-3-4-12-29/h1-2,5-10,17H,3-4,11-16,18H2. The summed E-state index contributed by atoms with van der Waals surface area (Å²) in [4.78, 5) is 44.5. The first-order chi connectivity index (χ1) is 16.5. The van der Waals surface area contributed by atoms with Crippen LogP contribution in [0.4, 0.5) is 10.1 Å². The molecule has 2 amide bonds. The number of halogens is 1. The van der Waals surface area contributed by atoms with Gasteiger partial charge in [-0.15, -0.1) is 0 Å². The second-order valence-electron chi connectivity index (χ2n) is 8.86. The molecule has 0 spiro atoms. The Bertz CT molecular complexity index is 1220. The Morgan fingerprint density at radius 3 is 2.18 bits per heavy atom. The van der Waals surface area contributed by atoms with E-state index in [1.807, 2.05) is 29.2 Å². The Hall–Kier alpha value is -3.68. The fourth-order valence-corrected chi connectivity index (χ4v) is 4.85. The average Bonchev–Trinajstić information content (AvgIpc) is 3.53. The Balaban J connectivity index is 1.30. The number of fused-ring (bicyclic) bond motifs is 1. The van der Waals surface area contributed by atoms with Crippen molar-refractivity contribution in [2.24, 2.45) is 0 Å². The van der Waals surface area contributed by atoms with E-state index in [4.69, 9.17) is 0 Å². The molecule has 2 aliphatic rings. The predicted octanol–water partition coefficient (Wildman–Crippen LogP) is 2.93. The van der Waals surface area contributed by atoms with E-state index in [0.29, 0.717) is 37.1 Å². The van der Waals surface area contributed by atoms with Crippen LogP contribution in [0.25, 0.3) is 10.9 Å². The lowest BCUT2D eigenvalue weighted by Crippen LogP contribution is -2.50. The number of carbonyl (C=O) groups excluding carboxylic acids is 3. The van der Waals surface area contributed by atoms with Crippen molar-refractivity contribution < 1.29 is 18.8 Å². The first-order valence-corrected chi connectivity index (χ1v) is 11.7. The van der Waals surface area contributed by atoms with Crippen molar-refractivity contribution in [1.82, 2.24) is 14.4 Å². The molecule has 0 N–H and O–H groups in total. The van der Waals surface area contributed by atoms with Gasteiger partial charge in [0.2, 0.25) is 5.91 Å². The minimum Gasteiger partial charge on any atom is -0.368 e. The molecule has 2 fully saturated rings. The van der Waals surface area contributed by atoms with Crippen LogP contribution in [0, 0.1) is 5.82 Å². The molecule has 0 bridgehead atoms. The minimum absolute atomic E-state index is 0.0282. The lowest BCUT2D eigenvalue weighted by molar-refractivity contribution is -0.130. The lowest BCUT2D eigenvalue weighted by Gasteiger charge is -2.35. The van der Waals surface area contributed by atoms with E-state index in [1.165, 1.54) is 12.1 Å². The fourth-order valence-electron chi connectivity index (χ4n) is 4.85. The molecule has 0 unspecified atom stereocenters. The van der Waals surface area contributed by atoms with Crippen molar-refractivity contribution in [3.63, 3.8) is 0 Å². The van der Waals surface area contributed by atoms with Crippen LogP contribution in [0.15, 0.2) is 54.7 Å². The van der Waals surface area contributed by atoms with Crippen LogP contribution in [0.1, 0.15) is 23.2 Å². The molecule has 0 radical (unpaired) electrons. The van der Waals surface area contributed by atoms with Crippen molar-refractivity contribution >= 4 is 34.2 Å². The molecule has 0 aliphatic carbocycles. The van der Waals surface area contributed by atoms with Crippen molar-refractivity contribution in [3.05, 3.63) is 66.1 Å². The Morgan fingerprint density at radius 2 is 1.47 bits per heavy atom. The zero-order valence-electron chi connectivity index (χ0n) is 19.0. The highest BCUT2D eigenvalue weighted by Crippen LogP contribution is 2.24. The first kappa shape index (κ1) is 22.1. The smallest absolute Gasteiger partial charge is 0.295 e. The molecular weight excluding hydrogens is 435 g/mol. The van der Waals surface area contributed by atoms with E-state index in [9.17, 15) is 18.8 Å². The molecule has 5 rings (SSSR count). The molecule has 3 heterocycles. The van der Waals surface area contributed by atoms with E-state index in [0.717, 1.165) is 37.1 Å². The third kappa shape index (κ3) is 4.27. The summed E-state index contributed by atoms with van der Waals surface area (Å²) in [5.41, 5.74) is 1.99. The highest BCUT2D eigenvalue weighted by Gasteiger charge is 2.29. The Kier molecular flexibility index (Phi) is 6.04. The van der Waals surface area contributed by atoms with Gasteiger partial charge < -0.3 is 19.3 Å². The maximum atomic E-state index is 13.2. The fraction of sp³-hybridized carbons (Fsp3) is 0.346. The molecule has 1 aromatic heterocycles. The summed E-state index contributed by atoms with van der Waals surface area (Å²) < 4.78 is 15.0. The number of amides is 2. The van der Waals surface area contributed by atoms with Gasteiger partial charge in [0.1, 0.15) is 12.4 Å². The van der Waals surface area contributed by atoms with E-state index < -0.39 is 11.7 Å². The van der Waals surface area contributed by atoms with Crippen LogP contribution >= 0.6 is 0 Å². The number of benzene rings is 2. The van der Waals surface area contributed by atoms with E-state index in [-0.39, 0.29) is 18.3 Å². The number of anilines is 1. The van der Waals surface area contributed by atoms with Gasteiger partial charge in [-0.2, -0.15) is 0 Å². The van der Waals surface area contributed by atoms with Crippen molar-refractivity contribution in [2.45, 2.75) is 19.4 Å². The third-order valence-corrected chi connectivity index (χ3v) is 6.75. The number of Topliss-reactive ketones (excluding diaryl/α,β-unsaturated/α-hetero) is 1. The van der Waals surface area contributed by atoms with Gasteiger partial charge in [0, 0.05) is 62.1 Å². The van der Waals surface area contributed by atoms with Crippen molar-refractivity contribution in [3.8, 4) is 0 Å². The van der Waals surface area contributed by atoms with Gasteiger partial charge in [-0.1, -0.05) is 18.2 Å². The van der Waals surface area contributed by atoms with Crippen LogP contribution in [-0.2, 0) is 16.1 Å². The van der Waals surface area contributed by atoms with Gasteiger partial charge in [0.05, 0.1) is 5.56 Å². The summed E-state index contributed by atoms with van der Waals surface area (Å²) in [7, 11) is 0. The van der Waals surface area contributed by atoms with E-state index in [1.54, 1.807) is 27.8 Å². The summed E-state index contributed by atoms with van der Waals surface area (Å²) in [6.45, 7) is 3.65. The van der Waals surface area contributed by atoms with Gasteiger partial charge in [-0.05, 0) is 43.2 Å². The second kappa shape index (κ2) is 9.29. The summed E-state index contributed by atoms with van der Waals surface area (Å²) >= 11 is 0. The molecule has 8 heteroatoms. The van der Waals surface area contributed by atoms with Gasteiger partial charge >= 0.3 is 0 Å². The highest BCUT2D eigenvalue weighted by atomic mass is 19.1. The summed E-state index contributed by atoms with van der Waals surface area (Å²) in [6.07, 6.45) is 3.68. The molecule has 3 aromatic rings. The number of hydrogen-bond donors (Lipinski definition) is 0. The summed E-state index contributed by atoms with van der Waals surface area (Å²) in [5.74, 6) is -1.35. The van der Waals surface area contributed by atoms with Crippen LogP contribution in [-0.4, -0.2) is 71.2 Å². The Labute approximate surface area is 197 Å². The highest BCUT2D eigenvalue weighted by molar-refractivity contribution is 6.44. The zero-order chi connectivity index (χ0) is 23.7. The largest absolute Gasteiger partial charge is 0.368 e. The van der Waals surface area contributed by atoms with Crippen molar-refractivity contribution in [2.75, 3.05) is 44.2 Å². The summed E-state index contributed by atoms with van der Waals surface area (Å²) in [5, 5.41) is 0.681. The molecule has 34 heavy (non-hydrogen) atoms. The lowest BCUT2D eigenvalue weighted by atomic mass is 10.1. The number of aromatic nitrogens is 1. The van der Waals surface area contributed by atoms with Crippen LogP contribution < -0.4 is 4.90 Å². The van der Waals surface area contributed by atoms with E-state index >= 15 is 0 Å². The summed E-state index contributed by atoms with van der Waals surface area (Å²) in [6, 6.07) is 13.7. The molecule has 0 saturated carbocycles. The molecule has 176 valence electrons. The normalized spacial score (nSPS) is 16.3. The van der Waals surface area contributed by atoms with Gasteiger partial charge in [0.25, 0.3) is 11.7 Å². The molecule has 2 aliphatic heterocycles. The predicted molar refractivity (Wildman–Crippen MR) is 127 cm³/mol. The number of piperazine rings is 1. The maximum absolute atomic E-state index is 13.2. The van der Waals surface area contributed by atoms with Crippen LogP contribution in [0.5, 0.6) is 0 Å². The number of hydrogen-bond acceptors (Lipinski definition) is 4. The molecule has 2 saturated heterocycles. The second-order valence-corrected chi connectivity index (χ2v) is 8.86. The minimum atomic E-state index is -0.557. The topological polar surface area (TPSA) is 65.9 Å². The van der Waals surface area contributed by atoms with Gasteiger partial charge in [0.15, 0.2) is 0 Å². The zero-order valence-corrected chi connectivity index (χ0v) is 19.0. The first-order valence-electron chi connectivity index (χ1n) is 11.7.